The Hall–Kier alpha value is -1.97. The number of rotatable bonds is 6. The van der Waals surface area contributed by atoms with Gasteiger partial charge in [0.2, 0.25) is 0 Å². The Kier molecular flexibility index (Phi) is 4.44. The lowest BCUT2D eigenvalue weighted by Crippen LogP contribution is -2.06. The molecule has 0 aliphatic carbocycles. The fourth-order valence-corrected chi connectivity index (χ4v) is 1.99. The van der Waals surface area contributed by atoms with Crippen molar-refractivity contribution < 1.29 is 4.74 Å². The Labute approximate surface area is 114 Å². The first-order valence-corrected chi connectivity index (χ1v) is 6.73. The van der Waals surface area contributed by atoms with Crippen LogP contribution in [0.1, 0.15) is 25.1 Å². The maximum atomic E-state index is 5.43. The summed E-state index contributed by atoms with van der Waals surface area (Å²) in [6.45, 7) is 8.45. The molecule has 0 saturated carbocycles. The van der Waals surface area contributed by atoms with Gasteiger partial charge in [0.25, 0.3) is 0 Å². The van der Waals surface area contributed by atoms with Crippen LogP contribution in [0, 0.1) is 6.92 Å². The van der Waals surface area contributed by atoms with Crippen LogP contribution in [0.15, 0.2) is 30.3 Å². The summed E-state index contributed by atoms with van der Waals surface area (Å²) in [6, 6.07) is 10.2. The molecule has 0 aliphatic rings. The topological polar surface area (TPSA) is 39.1 Å². The molecule has 0 unspecified atom stereocenters. The zero-order chi connectivity index (χ0) is 13.7. The lowest BCUT2D eigenvalue weighted by molar-refractivity contribution is 0.340. The van der Waals surface area contributed by atoms with Gasteiger partial charge in [-0.15, -0.1) is 0 Å². The third-order valence-electron chi connectivity index (χ3n) is 2.91. The number of ether oxygens (including phenoxy) is 1. The van der Waals surface area contributed by atoms with Gasteiger partial charge >= 0.3 is 0 Å². The molecule has 102 valence electrons. The van der Waals surface area contributed by atoms with Crippen molar-refractivity contribution in [3.63, 3.8) is 0 Å². The fraction of sp³-hybridized carbons (Fsp3) is 0.400. The molecular weight excluding hydrogens is 238 g/mol. The molecule has 0 bridgehead atoms. The van der Waals surface area contributed by atoms with Gasteiger partial charge in [0.05, 0.1) is 12.3 Å². The van der Waals surface area contributed by atoms with Crippen molar-refractivity contribution in [2.45, 2.75) is 33.9 Å². The van der Waals surface area contributed by atoms with Crippen LogP contribution in [0.3, 0.4) is 0 Å². The van der Waals surface area contributed by atoms with Crippen molar-refractivity contribution >= 4 is 5.82 Å². The summed E-state index contributed by atoms with van der Waals surface area (Å²) >= 11 is 0. The summed E-state index contributed by atoms with van der Waals surface area (Å²) in [7, 11) is 0. The van der Waals surface area contributed by atoms with Gasteiger partial charge in [-0.1, -0.05) is 12.1 Å². The summed E-state index contributed by atoms with van der Waals surface area (Å²) in [5.74, 6) is 1.98. The van der Waals surface area contributed by atoms with Crippen LogP contribution in [-0.4, -0.2) is 16.4 Å². The van der Waals surface area contributed by atoms with Crippen molar-refractivity contribution in [2.24, 2.45) is 0 Å². The van der Waals surface area contributed by atoms with Gasteiger partial charge in [0.1, 0.15) is 11.6 Å². The summed E-state index contributed by atoms with van der Waals surface area (Å²) < 4.78 is 7.41. The van der Waals surface area contributed by atoms with E-state index in [4.69, 9.17) is 4.74 Å². The molecule has 4 nitrogen and oxygen atoms in total. The molecule has 0 amide bonds. The zero-order valence-electron chi connectivity index (χ0n) is 11.8. The van der Waals surface area contributed by atoms with E-state index in [0.29, 0.717) is 6.61 Å². The molecule has 0 aliphatic heterocycles. The molecule has 0 saturated heterocycles. The number of aromatic nitrogens is 2. The smallest absolute Gasteiger partial charge is 0.124 e. The highest BCUT2D eigenvalue weighted by molar-refractivity contribution is 5.38. The SMILES string of the molecule is CCOc1ccc(CNc2cc(C)nn2CC)cc1. The minimum Gasteiger partial charge on any atom is -0.494 e. The Morgan fingerprint density at radius 3 is 2.58 bits per heavy atom. The maximum absolute atomic E-state index is 5.43. The van der Waals surface area contributed by atoms with Crippen LogP contribution < -0.4 is 10.1 Å². The van der Waals surface area contributed by atoms with Gasteiger partial charge in [-0.05, 0) is 38.5 Å². The zero-order valence-corrected chi connectivity index (χ0v) is 11.8. The third-order valence-corrected chi connectivity index (χ3v) is 2.91. The molecule has 19 heavy (non-hydrogen) atoms. The van der Waals surface area contributed by atoms with E-state index in [2.05, 4.69) is 35.5 Å². The van der Waals surface area contributed by atoms with Crippen molar-refractivity contribution in [3.8, 4) is 5.75 Å². The summed E-state index contributed by atoms with van der Waals surface area (Å²) in [5.41, 5.74) is 2.26. The van der Waals surface area contributed by atoms with Gasteiger partial charge in [-0.25, -0.2) is 4.68 Å². The van der Waals surface area contributed by atoms with Gasteiger partial charge in [-0.2, -0.15) is 5.10 Å². The lowest BCUT2D eigenvalue weighted by atomic mass is 10.2. The first kappa shape index (κ1) is 13.5. The fourth-order valence-electron chi connectivity index (χ4n) is 1.99. The number of nitrogens with zero attached hydrogens (tertiary/aromatic N) is 2. The van der Waals surface area contributed by atoms with E-state index >= 15 is 0 Å². The monoisotopic (exact) mass is 259 g/mol. The molecule has 1 heterocycles. The average Bonchev–Trinajstić information content (AvgIpc) is 2.79. The predicted octanol–water partition coefficient (Wildman–Crippen LogP) is 3.22. The summed E-state index contributed by atoms with van der Waals surface area (Å²) in [4.78, 5) is 0. The number of hydrogen-bond acceptors (Lipinski definition) is 3. The van der Waals surface area contributed by atoms with Crippen LogP contribution in [0.25, 0.3) is 0 Å². The largest absolute Gasteiger partial charge is 0.494 e. The van der Waals surface area contributed by atoms with Gasteiger partial charge in [0.15, 0.2) is 0 Å². The molecule has 0 atom stereocenters. The molecule has 1 N–H and O–H groups in total. The van der Waals surface area contributed by atoms with Crippen molar-refractivity contribution in [1.29, 1.82) is 0 Å². The summed E-state index contributed by atoms with van der Waals surface area (Å²) in [5, 5.41) is 7.83. The second-order valence-corrected chi connectivity index (χ2v) is 4.42. The second-order valence-electron chi connectivity index (χ2n) is 4.42. The van der Waals surface area contributed by atoms with E-state index in [9.17, 15) is 0 Å². The number of anilines is 1. The molecule has 2 aromatic rings. The molecule has 1 aromatic carbocycles. The van der Waals surface area contributed by atoms with E-state index in [1.54, 1.807) is 0 Å². The minimum absolute atomic E-state index is 0.701. The second kappa shape index (κ2) is 6.27. The number of hydrogen-bond donors (Lipinski definition) is 1. The molecule has 0 spiro atoms. The van der Waals surface area contributed by atoms with E-state index in [0.717, 1.165) is 30.4 Å². The van der Waals surface area contributed by atoms with Crippen molar-refractivity contribution in [1.82, 2.24) is 9.78 Å². The molecule has 2 rings (SSSR count). The highest BCUT2D eigenvalue weighted by atomic mass is 16.5. The van der Waals surface area contributed by atoms with E-state index in [1.165, 1.54) is 5.56 Å². The standard InChI is InChI=1S/C15H21N3O/c1-4-18-15(10-12(3)17-18)16-11-13-6-8-14(9-7-13)19-5-2/h6-10,16H,4-5,11H2,1-3H3. The van der Waals surface area contributed by atoms with Gasteiger partial charge in [-0.3, -0.25) is 0 Å². The highest BCUT2D eigenvalue weighted by Gasteiger charge is 2.03. The van der Waals surface area contributed by atoms with Crippen molar-refractivity contribution in [3.05, 3.63) is 41.6 Å². The Morgan fingerprint density at radius 2 is 1.95 bits per heavy atom. The molecule has 0 fully saturated rings. The quantitative estimate of drug-likeness (QED) is 0.865. The van der Waals surface area contributed by atoms with Crippen LogP contribution in [0.4, 0.5) is 5.82 Å². The molecule has 1 aromatic heterocycles. The summed E-state index contributed by atoms with van der Waals surface area (Å²) in [6.07, 6.45) is 0. The number of benzene rings is 1. The maximum Gasteiger partial charge on any atom is 0.124 e. The predicted molar refractivity (Wildman–Crippen MR) is 77.6 cm³/mol. The number of aryl methyl sites for hydroxylation is 2. The number of nitrogens with one attached hydrogen (secondary N) is 1. The van der Waals surface area contributed by atoms with Crippen LogP contribution in [0.2, 0.25) is 0 Å². The Balaban J connectivity index is 1.97. The molecule has 4 heteroatoms. The van der Waals surface area contributed by atoms with Crippen LogP contribution >= 0.6 is 0 Å². The first-order chi connectivity index (χ1) is 9.22. The Bertz CT molecular complexity index is 517. The minimum atomic E-state index is 0.701. The average molecular weight is 259 g/mol. The van der Waals surface area contributed by atoms with Crippen molar-refractivity contribution in [2.75, 3.05) is 11.9 Å². The lowest BCUT2D eigenvalue weighted by Gasteiger charge is -2.09. The Morgan fingerprint density at radius 1 is 1.21 bits per heavy atom. The van der Waals surface area contributed by atoms with E-state index in [1.807, 2.05) is 30.7 Å². The molecule has 0 radical (unpaired) electrons. The van der Waals surface area contributed by atoms with Gasteiger partial charge < -0.3 is 10.1 Å². The molecular formula is C15H21N3O. The third kappa shape index (κ3) is 3.50. The normalized spacial score (nSPS) is 10.5. The van der Waals surface area contributed by atoms with E-state index < -0.39 is 0 Å². The highest BCUT2D eigenvalue weighted by Crippen LogP contribution is 2.15. The van der Waals surface area contributed by atoms with Gasteiger partial charge in [0, 0.05) is 19.2 Å². The van der Waals surface area contributed by atoms with E-state index in [-0.39, 0.29) is 0 Å². The van der Waals surface area contributed by atoms with Crippen LogP contribution in [0.5, 0.6) is 5.75 Å². The first-order valence-electron chi connectivity index (χ1n) is 6.73. The van der Waals surface area contributed by atoms with Crippen LogP contribution in [-0.2, 0) is 13.1 Å².